The number of benzene rings is 2. The molecule has 2 amide bonds. The summed E-state index contributed by atoms with van der Waals surface area (Å²) in [5.41, 5.74) is 7.39. The number of amides is 2. The summed E-state index contributed by atoms with van der Waals surface area (Å²) in [5.74, 6) is -0.601. The van der Waals surface area contributed by atoms with Crippen LogP contribution in [-0.2, 0) is 11.2 Å². The minimum Gasteiger partial charge on any atom is -0.489 e. The van der Waals surface area contributed by atoms with Gasteiger partial charge < -0.3 is 29.8 Å². The van der Waals surface area contributed by atoms with Crippen molar-refractivity contribution < 1.29 is 23.8 Å². The molecule has 9 nitrogen and oxygen atoms in total. The van der Waals surface area contributed by atoms with E-state index in [9.17, 15) is 14.7 Å². The number of carbonyl (C=O) groups is 2. The largest absolute Gasteiger partial charge is 0.489 e. The lowest BCUT2D eigenvalue weighted by Crippen LogP contribution is -2.38. The molecule has 9 heteroatoms. The van der Waals surface area contributed by atoms with Crippen LogP contribution >= 0.6 is 0 Å². The Morgan fingerprint density at radius 3 is 2.62 bits per heavy atom. The molecule has 2 aromatic carbocycles. The Bertz CT molecular complexity index is 1220. The predicted octanol–water partition coefficient (Wildman–Crippen LogP) is 3.26. The number of carboxylic acids is 1. The Balaban J connectivity index is 1.44. The lowest BCUT2D eigenvalue weighted by Gasteiger charge is -2.21. The number of nitrogens with one attached hydrogen (secondary N) is 1. The highest BCUT2D eigenvalue weighted by molar-refractivity contribution is 5.98. The molecular formula is C25H28N4O5. The molecule has 1 saturated heterocycles. The summed E-state index contributed by atoms with van der Waals surface area (Å²) >= 11 is 0. The van der Waals surface area contributed by atoms with Crippen molar-refractivity contribution in [1.29, 1.82) is 5.41 Å². The minimum absolute atomic E-state index is 0.0335. The van der Waals surface area contributed by atoms with Gasteiger partial charge in [-0.2, -0.15) is 0 Å². The monoisotopic (exact) mass is 464 g/mol. The summed E-state index contributed by atoms with van der Waals surface area (Å²) < 4.78 is 11.8. The number of rotatable bonds is 7. The minimum atomic E-state index is -0.952. The van der Waals surface area contributed by atoms with Crippen LogP contribution in [0.3, 0.4) is 0 Å². The highest BCUT2D eigenvalue weighted by Crippen LogP contribution is 2.28. The summed E-state index contributed by atoms with van der Waals surface area (Å²) in [6.45, 7) is 1.17. The van der Waals surface area contributed by atoms with E-state index >= 15 is 0 Å². The third-order valence-electron chi connectivity index (χ3n) is 5.97. The molecule has 0 spiro atoms. The molecule has 0 aliphatic carbocycles. The predicted molar refractivity (Wildman–Crippen MR) is 127 cm³/mol. The topological polar surface area (TPSA) is 133 Å². The van der Waals surface area contributed by atoms with Gasteiger partial charge in [-0.25, -0.2) is 4.79 Å². The molecule has 0 saturated carbocycles. The number of likely N-dealkylation sites (tertiary alicyclic amines) is 1. The number of ether oxygens (including phenoxy) is 1. The van der Waals surface area contributed by atoms with E-state index in [4.69, 9.17) is 20.3 Å². The van der Waals surface area contributed by atoms with Crippen LogP contribution in [0, 0.1) is 5.41 Å². The molecule has 3 aromatic rings. The van der Waals surface area contributed by atoms with E-state index in [2.05, 4.69) is 0 Å². The van der Waals surface area contributed by atoms with Gasteiger partial charge in [0, 0.05) is 44.4 Å². The maximum Gasteiger partial charge on any atom is 0.319 e. The molecule has 1 aromatic heterocycles. The molecule has 1 aliphatic heterocycles. The van der Waals surface area contributed by atoms with Gasteiger partial charge in [0.15, 0.2) is 0 Å². The van der Waals surface area contributed by atoms with Crippen molar-refractivity contribution in [3.63, 3.8) is 0 Å². The fraction of sp³-hybridized carbons (Fsp3) is 0.320. The number of nitrogens with two attached hydrogens (primary N) is 1. The maximum absolute atomic E-state index is 12.1. The zero-order chi connectivity index (χ0) is 24.4. The number of carbonyl (C=O) groups excluding carboxylic acids is 1. The normalized spacial score (nSPS) is 16.4. The number of hydrogen-bond donors (Lipinski definition) is 3. The SMILES string of the molecule is CN(C)C(=O)N1CC[C@H](Oc2ccc(C(Cc3cc4cc(C(=N)N)ccc4o3)C(=O)O)cc2)C1. The van der Waals surface area contributed by atoms with Crippen LogP contribution in [0.25, 0.3) is 11.0 Å². The highest BCUT2D eigenvalue weighted by atomic mass is 16.5. The van der Waals surface area contributed by atoms with E-state index in [1.54, 1.807) is 72.4 Å². The summed E-state index contributed by atoms with van der Waals surface area (Å²) in [7, 11) is 3.45. The first-order valence-electron chi connectivity index (χ1n) is 11.0. The number of hydrogen-bond acceptors (Lipinski definition) is 5. The molecule has 0 bridgehead atoms. The number of nitrogen functional groups attached to an aromatic ring is 1. The molecule has 178 valence electrons. The van der Waals surface area contributed by atoms with Gasteiger partial charge in [-0.3, -0.25) is 10.2 Å². The summed E-state index contributed by atoms with van der Waals surface area (Å²) in [5, 5.41) is 18.2. The average molecular weight is 465 g/mol. The van der Waals surface area contributed by atoms with Gasteiger partial charge in [0.05, 0.1) is 12.5 Å². The van der Waals surface area contributed by atoms with Gasteiger partial charge in [0.25, 0.3) is 0 Å². The van der Waals surface area contributed by atoms with E-state index in [1.807, 2.05) is 0 Å². The molecule has 1 aliphatic rings. The standard InChI is InChI=1S/C25H28N4O5/c1-28(2)25(32)29-10-9-19(14-29)33-18-6-3-15(4-7-18)21(24(30)31)13-20-12-17-11-16(23(26)27)5-8-22(17)34-20/h3-8,11-12,19,21H,9-10,13-14H2,1-2H3,(H3,26,27)(H,30,31)/t19-,21?/m0/s1. The second-order valence-corrected chi connectivity index (χ2v) is 8.69. The first-order valence-corrected chi connectivity index (χ1v) is 11.0. The van der Waals surface area contributed by atoms with Crippen molar-refractivity contribution in [2.45, 2.75) is 24.9 Å². The zero-order valence-corrected chi connectivity index (χ0v) is 19.2. The van der Waals surface area contributed by atoms with Gasteiger partial charge in [-0.05, 0) is 42.0 Å². The van der Waals surface area contributed by atoms with Gasteiger partial charge >= 0.3 is 12.0 Å². The number of urea groups is 1. The van der Waals surface area contributed by atoms with Gasteiger partial charge in [-0.15, -0.1) is 0 Å². The number of aliphatic carboxylic acids is 1. The van der Waals surface area contributed by atoms with Crippen molar-refractivity contribution >= 4 is 28.8 Å². The van der Waals surface area contributed by atoms with Crippen LogP contribution in [0.15, 0.2) is 52.9 Å². The maximum atomic E-state index is 12.1. The van der Waals surface area contributed by atoms with E-state index in [1.165, 1.54) is 0 Å². The average Bonchev–Trinajstić information content (AvgIpc) is 3.43. The molecule has 4 rings (SSSR count). The fourth-order valence-electron chi connectivity index (χ4n) is 4.17. The van der Waals surface area contributed by atoms with Crippen LogP contribution in [0.4, 0.5) is 4.79 Å². The van der Waals surface area contributed by atoms with E-state index < -0.39 is 11.9 Å². The Kier molecular flexibility index (Phi) is 6.45. The Hall–Kier alpha value is -4.01. The first-order chi connectivity index (χ1) is 16.2. The Morgan fingerprint density at radius 2 is 1.97 bits per heavy atom. The smallest absolute Gasteiger partial charge is 0.319 e. The lowest BCUT2D eigenvalue weighted by molar-refractivity contribution is -0.138. The van der Waals surface area contributed by atoms with Gasteiger partial charge in [-0.1, -0.05) is 12.1 Å². The van der Waals surface area contributed by atoms with Crippen LogP contribution in [-0.4, -0.2) is 66.0 Å². The number of carboxylic acid groups (broad SMARTS) is 1. The van der Waals surface area contributed by atoms with Gasteiger partial charge in [0.1, 0.15) is 29.0 Å². The fourth-order valence-corrected chi connectivity index (χ4v) is 4.17. The van der Waals surface area contributed by atoms with Gasteiger partial charge in [0.2, 0.25) is 0 Å². The molecule has 1 unspecified atom stereocenters. The number of furan rings is 1. The molecule has 4 N–H and O–H groups in total. The summed E-state index contributed by atoms with van der Waals surface area (Å²) in [4.78, 5) is 27.4. The lowest BCUT2D eigenvalue weighted by atomic mass is 9.94. The third kappa shape index (κ3) is 4.98. The summed E-state index contributed by atoms with van der Waals surface area (Å²) in [6.07, 6.45) is 0.834. The first kappa shape index (κ1) is 23.2. The molecule has 0 radical (unpaired) electrons. The Morgan fingerprint density at radius 1 is 1.24 bits per heavy atom. The number of nitrogens with zero attached hydrogens (tertiary/aromatic N) is 2. The van der Waals surface area contributed by atoms with E-state index in [0.29, 0.717) is 41.3 Å². The second-order valence-electron chi connectivity index (χ2n) is 8.69. The molecule has 1 fully saturated rings. The number of amidine groups is 1. The quantitative estimate of drug-likeness (QED) is 0.363. The molecular weight excluding hydrogens is 436 g/mol. The molecule has 2 atom stereocenters. The Labute approximate surface area is 197 Å². The van der Waals surface area contributed by atoms with E-state index in [0.717, 1.165) is 11.8 Å². The number of fused-ring (bicyclic) bond motifs is 1. The third-order valence-corrected chi connectivity index (χ3v) is 5.97. The van der Waals surface area contributed by atoms with E-state index in [-0.39, 0.29) is 24.4 Å². The second kappa shape index (κ2) is 9.46. The van der Waals surface area contributed by atoms with Crippen molar-refractivity contribution in [3.05, 3.63) is 65.4 Å². The van der Waals surface area contributed by atoms with Crippen LogP contribution in [0.1, 0.15) is 29.2 Å². The highest BCUT2D eigenvalue weighted by Gasteiger charge is 2.29. The van der Waals surface area contributed by atoms with Crippen molar-refractivity contribution in [2.24, 2.45) is 5.73 Å². The van der Waals surface area contributed by atoms with Crippen LogP contribution in [0.5, 0.6) is 5.75 Å². The molecule has 2 heterocycles. The molecule has 34 heavy (non-hydrogen) atoms. The van der Waals surface area contributed by atoms with Crippen molar-refractivity contribution in [1.82, 2.24) is 9.80 Å². The van der Waals surface area contributed by atoms with Crippen LogP contribution < -0.4 is 10.5 Å². The summed E-state index contributed by atoms with van der Waals surface area (Å²) in [6, 6.07) is 14.0. The van der Waals surface area contributed by atoms with Crippen molar-refractivity contribution in [2.75, 3.05) is 27.2 Å². The zero-order valence-electron chi connectivity index (χ0n) is 19.2. The van der Waals surface area contributed by atoms with Crippen molar-refractivity contribution in [3.8, 4) is 5.75 Å². The van der Waals surface area contributed by atoms with Crippen LogP contribution in [0.2, 0.25) is 0 Å².